The molecule has 0 aliphatic rings. The molecule has 0 spiro atoms. The maximum absolute atomic E-state index is 13.3. The molecule has 1 unspecified atom stereocenters. The first-order valence-electron chi connectivity index (χ1n) is 4.98. The smallest absolute Gasteiger partial charge is 0.425 e. The third kappa shape index (κ3) is 3.33. The lowest BCUT2D eigenvalue weighted by Gasteiger charge is -2.17. The van der Waals surface area contributed by atoms with Crippen molar-refractivity contribution in [1.82, 2.24) is 0 Å². The molecule has 0 aromatic heterocycles. The van der Waals surface area contributed by atoms with Gasteiger partial charge in [-0.3, -0.25) is 10.1 Å². The van der Waals surface area contributed by atoms with Gasteiger partial charge in [-0.15, -0.1) is 0 Å². The van der Waals surface area contributed by atoms with E-state index in [1.165, 1.54) is 0 Å². The zero-order chi connectivity index (χ0) is 15.7. The Kier molecular flexibility index (Phi) is 4.16. The molecule has 1 N–H and O–H groups in total. The van der Waals surface area contributed by atoms with Crippen LogP contribution in [0.3, 0.4) is 0 Å². The van der Waals surface area contributed by atoms with Crippen LogP contribution >= 0.6 is 0 Å². The number of carbonyl (C=O) groups is 1. The van der Waals surface area contributed by atoms with E-state index in [4.69, 9.17) is 5.11 Å². The molecule has 0 radical (unpaired) electrons. The predicted octanol–water partition coefficient (Wildman–Crippen LogP) is 2.76. The molecule has 1 aromatic rings. The number of hydrogen-bond acceptors (Lipinski definition) is 4. The first-order chi connectivity index (χ1) is 9.04. The highest BCUT2D eigenvalue weighted by Crippen LogP contribution is 2.33. The van der Waals surface area contributed by atoms with E-state index in [1.807, 2.05) is 0 Å². The highest BCUT2D eigenvalue weighted by molar-refractivity contribution is 5.89. The number of carboxylic acids is 1. The monoisotopic (exact) mass is 297 g/mol. The van der Waals surface area contributed by atoms with Crippen LogP contribution in [0.5, 0.6) is 5.75 Å². The molecule has 1 aromatic carbocycles. The molecule has 0 aliphatic heterocycles. The minimum atomic E-state index is -4.81. The van der Waals surface area contributed by atoms with Gasteiger partial charge < -0.3 is 9.84 Å². The van der Waals surface area contributed by atoms with Crippen molar-refractivity contribution < 1.29 is 37.1 Å². The quantitative estimate of drug-likeness (QED) is 0.524. The van der Waals surface area contributed by atoms with Gasteiger partial charge in [0.1, 0.15) is 11.4 Å². The molecule has 20 heavy (non-hydrogen) atoms. The van der Waals surface area contributed by atoms with Crippen molar-refractivity contribution in [3.05, 3.63) is 33.6 Å². The molecule has 0 saturated carbocycles. The number of hydrogen-bond donors (Lipinski definition) is 1. The Balaban J connectivity index is 3.29. The molecule has 10 heteroatoms. The summed E-state index contributed by atoms with van der Waals surface area (Å²) in [5.41, 5.74) is -2.11. The lowest BCUT2D eigenvalue weighted by atomic mass is 10.1. The number of aromatic carboxylic acids is 1. The van der Waals surface area contributed by atoms with E-state index in [0.29, 0.717) is 13.0 Å². The van der Waals surface area contributed by atoms with Crippen molar-refractivity contribution in [2.45, 2.75) is 19.2 Å². The van der Waals surface area contributed by atoms with Crippen LogP contribution in [0.1, 0.15) is 17.3 Å². The van der Waals surface area contributed by atoms with E-state index >= 15 is 0 Å². The third-order valence-corrected chi connectivity index (χ3v) is 2.24. The van der Waals surface area contributed by atoms with Crippen LogP contribution in [0, 0.1) is 15.9 Å². The first-order valence-corrected chi connectivity index (χ1v) is 4.98. The molecule has 110 valence electrons. The Hall–Kier alpha value is -2.39. The van der Waals surface area contributed by atoms with Crippen LogP contribution in [-0.2, 0) is 0 Å². The third-order valence-electron chi connectivity index (χ3n) is 2.24. The van der Waals surface area contributed by atoms with Crippen molar-refractivity contribution in [2.75, 3.05) is 0 Å². The Bertz CT molecular complexity index is 557. The van der Waals surface area contributed by atoms with E-state index in [2.05, 4.69) is 4.74 Å². The Labute approximate surface area is 108 Å². The van der Waals surface area contributed by atoms with Gasteiger partial charge in [0.05, 0.1) is 4.92 Å². The number of carboxylic acid groups (broad SMARTS) is 1. The number of nitrogens with zero attached hydrogens (tertiary/aromatic N) is 1. The number of benzene rings is 1. The minimum absolute atomic E-state index is 0.240. The predicted molar refractivity (Wildman–Crippen MR) is 56.2 cm³/mol. The zero-order valence-corrected chi connectivity index (χ0v) is 9.77. The summed E-state index contributed by atoms with van der Waals surface area (Å²) < 4.78 is 54.5. The summed E-state index contributed by atoms with van der Waals surface area (Å²) in [6.07, 6.45) is -7.23. The fraction of sp³-hybridized carbons (Fsp3) is 0.300. The van der Waals surface area contributed by atoms with Gasteiger partial charge in [0.25, 0.3) is 0 Å². The number of rotatable bonds is 4. The van der Waals surface area contributed by atoms with Gasteiger partial charge >= 0.3 is 17.8 Å². The van der Waals surface area contributed by atoms with Crippen molar-refractivity contribution >= 4 is 11.7 Å². The Morgan fingerprint density at radius 3 is 2.40 bits per heavy atom. The summed E-state index contributed by atoms with van der Waals surface area (Å²) in [7, 11) is 0. The highest BCUT2D eigenvalue weighted by atomic mass is 19.4. The SMILES string of the molecule is CC(Oc1cc(F)c(C(=O)O)cc1[N+](=O)[O-])C(F)(F)F. The first kappa shape index (κ1) is 15.7. The molecule has 0 amide bonds. The molecule has 0 heterocycles. The van der Waals surface area contributed by atoms with Gasteiger partial charge in [0.15, 0.2) is 6.10 Å². The lowest BCUT2D eigenvalue weighted by Crippen LogP contribution is -2.31. The van der Waals surface area contributed by atoms with Gasteiger partial charge in [-0.25, -0.2) is 9.18 Å². The molecule has 1 atom stereocenters. The molecular weight excluding hydrogens is 290 g/mol. The maximum Gasteiger partial charge on any atom is 0.425 e. The molecule has 6 nitrogen and oxygen atoms in total. The summed E-state index contributed by atoms with van der Waals surface area (Å²) >= 11 is 0. The number of alkyl halides is 3. The van der Waals surface area contributed by atoms with Crippen molar-refractivity contribution in [2.24, 2.45) is 0 Å². The minimum Gasteiger partial charge on any atom is -0.478 e. The fourth-order valence-corrected chi connectivity index (χ4v) is 1.20. The van der Waals surface area contributed by atoms with Crippen molar-refractivity contribution in [3.63, 3.8) is 0 Å². The van der Waals surface area contributed by atoms with E-state index in [0.717, 1.165) is 0 Å². The number of halogens is 4. The summed E-state index contributed by atoms with van der Waals surface area (Å²) in [5.74, 6) is -4.23. The summed E-state index contributed by atoms with van der Waals surface area (Å²) in [5, 5.41) is 19.3. The zero-order valence-electron chi connectivity index (χ0n) is 9.77. The molecule has 0 fully saturated rings. The second-order valence-corrected chi connectivity index (χ2v) is 3.66. The maximum atomic E-state index is 13.3. The summed E-state index contributed by atoms with van der Waals surface area (Å²) in [4.78, 5) is 20.1. The van der Waals surface area contributed by atoms with Crippen LogP contribution < -0.4 is 4.74 Å². The topological polar surface area (TPSA) is 89.7 Å². The van der Waals surface area contributed by atoms with Gasteiger partial charge in [0.2, 0.25) is 5.75 Å². The van der Waals surface area contributed by atoms with Crippen LogP contribution in [0.2, 0.25) is 0 Å². The Morgan fingerprint density at radius 1 is 1.45 bits per heavy atom. The highest BCUT2D eigenvalue weighted by Gasteiger charge is 2.39. The number of ether oxygens (including phenoxy) is 1. The normalized spacial score (nSPS) is 12.8. The van der Waals surface area contributed by atoms with Crippen LogP contribution in [0.25, 0.3) is 0 Å². The molecule has 0 aliphatic carbocycles. The number of nitro benzene ring substituents is 1. The van der Waals surface area contributed by atoms with E-state index < -0.39 is 46.0 Å². The molecule has 0 bridgehead atoms. The van der Waals surface area contributed by atoms with E-state index in [9.17, 15) is 32.5 Å². The van der Waals surface area contributed by atoms with Gasteiger partial charge in [-0.05, 0) is 6.92 Å². The Morgan fingerprint density at radius 2 is 2.00 bits per heavy atom. The molecule has 1 rings (SSSR count). The van der Waals surface area contributed by atoms with Crippen LogP contribution in [0.15, 0.2) is 12.1 Å². The average molecular weight is 297 g/mol. The lowest BCUT2D eigenvalue weighted by molar-refractivity contribution is -0.386. The summed E-state index contributed by atoms with van der Waals surface area (Å²) in [6.45, 7) is 0.576. The number of nitro groups is 1. The fourth-order valence-electron chi connectivity index (χ4n) is 1.20. The van der Waals surface area contributed by atoms with Crippen LogP contribution in [-0.4, -0.2) is 28.3 Å². The van der Waals surface area contributed by atoms with Gasteiger partial charge in [-0.2, -0.15) is 13.2 Å². The average Bonchev–Trinajstić information content (AvgIpc) is 2.26. The van der Waals surface area contributed by atoms with Gasteiger partial charge in [-0.1, -0.05) is 0 Å². The van der Waals surface area contributed by atoms with E-state index in [-0.39, 0.29) is 6.07 Å². The van der Waals surface area contributed by atoms with Crippen molar-refractivity contribution in [1.29, 1.82) is 0 Å². The van der Waals surface area contributed by atoms with Crippen LogP contribution in [0.4, 0.5) is 23.2 Å². The van der Waals surface area contributed by atoms with E-state index in [1.54, 1.807) is 0 Å². The summed E-state index contributed by atoms with van der Waals surface area (Å²) in [6, 6.07) is 0.542. The second kappa shape index (κ2) is 5.31. The second-order valence-electron chi connectivity index (χ2n) is 3.66. The largest absolute Gasteiger partial charge is 0.478 e. The molecular formula is C10H7F4NO5. The standard InChI is InChI=1S/C10H7F4NO5/c1-4(10(12,13)14)20-8-3-6(11)5(9(16)17)2-7(8)15(18)19/h2-4H,1H3,(H,16,17). The van der Waals surface area contributed by atoms with Gasteiger partial charge in [0, 0.05) is 12.1 Å². The molecule has 0 saturated heterocycles. The van der Waals surface area contributed by atoms with Crippen molar-refractivity contribution in [3.8, 4) is 5.75 Å².